The summed E-state index contributed by atoms with van der Waals surface area (Å²) < 4.78 is 1.75. The van der Waals surface area contributed by atoms with Crippen molar-refractivity contribution in [3.05, 3.63) is 66.4 Å². The third-order valence-electron chi connectivity index (χ3n) is 3.24. The average molecular weight is 308 g/mol. The molecular weight excluding hydrogens is 292 g/mol. The number of anilines is 2. The van der Waals surface area contributed by atoms with Gasteiger partial charge in [-0.2, -0.15) is 5.10 Å². The van der Waals surface area contributed by atoms with Crippen molar-refractivity contribution >= 4 is 17.5 Å². The number of urea groups is 1. The van der Waals surface area contributed by atoms with Gasteiger partial charge < -0.3 is 5.32 Å². The zero-order valence-electron chi connectivity index (χ0n) is 12.6. The molecule has 23 heavy (non-hydrogen) atoms. The molecule has 0 aromatic carbocycles. The fourth-order valence-corrected chi connectivity index (χ4v) is 2.08. The van der Waals surface area contributed by atoms with Crippen LogP contribution in [0.5, 0.6) is 0 Å². The van der Waals surface area contributed by atoms with E-state index in [-0.39, 0.29) is 6.03 Å². The van der Waals surface area contributed by atoms with Gasteiger partial charge >= 0.3 is 6.03 Å². The van der Waals surface area contributed by atoms with Crippen LogP contribution >= 0.6 is 0 Å². The summed E-state index contributed by atoms with van der Waals surface area (Å²) in [6.07, 6.45) is 8.61. The Kier molecular flexibility index (Phi) is 4.28. The van der Waals surface area contributed by atoms with Crippen molar-refractivity contribution < 1.29 is 4.79 Å². The van der Waals surface area contributed by atoms with Gasteiger partial charge in [0.1, 0.15) is 0 Å². The highest BCUT2D eigenvalue weighted by atomic mass is 16.2. The van der Waals surface area contributed by atoms with Crippen molar-refractivity contribution in [1.29, 1.82) is 0 Å². The SMILES string of the molecule is Cc1cnccc1NC(=O)Nc1ccn(Cc2ccncc2)n1. The molecule has 0 saturated carbocycles. The monoisotopic (exact) mass is 308 g/mol. The quantitative estimate of drug-likeness (QED) is 0.776. The Balaban J connectivity index is 1.60. The van der Waals surface area contributed by atoms with Gasteiger partial charge in [-0.25, -0.2) is 4.79 Å². The first-order valence-electron chi connectivity index (χ1n) is 7.12. The maximum absolute atomic E-state index is 12.0. The van der Waals surface area contributed by atoms with E-state index >= 15 is 0 Å². The van der Waals surface area contributed by atoms with E-state index in [1.165, 1.54) is 0 Å². The van der Waals surface area contributed by atoms with Crippen LogP contribution < -0.4 is 10.6 Å². The second-order valence-corrected chi connectivity index (χ2v) is 5.02. The molecule has 7 nitrogen and oxygen atoms in total. The van der Waals surface area contributed by atoms with Crippen LogP contribution in [0.2, 0.25) is 0 Å². The molecule has 0 atom stereocenters. The van der Waals surface area contributed by atoms with Gasteiger partial charge in [-0.15, -0.1) is 0 Å². The van der Waals surface area contributed by atoms with Crippen molar-refractivity contribution in [2.75, 3.05) is 10.6 Å². The summed E-state index contributed by atoms with van der Waals surface area (Å²) in [7, 11) is 0. The van der Waals surface area contributed by atoms with Crippen LogP contribution in [-0.4, -0.2) is 25.8 Å². The molecule has 2 amide bonds. The number of carbonyl (C=O) groups excluding carboxylic acids is 1. The number of nitrogens with one attached hydrogen (secondary N) is 2. The van der Waals surface area contributed by atoms with Gasteiger partial charge in [-0.05, 0) is 36.2 Å². The Morgan fingerprint density at radius 2 is 1.87 bits per heavy atom. The summed E-state index contributed by atoms with van der Waals surface area (Å²) in [6.45, 7) is 2.50. The summed E-state index contributed by atoms with van der Waals surface area (Å²) in [5.74, 6) is 0.489. The number of aromatic nitrogens is 4. The third-order valence-corrected chi connectivity index (χ3v) is 3.24. The summed E-state index contributed by atoms with van der Waals surface area (Å²) in [4.78, 5) is 20.0. The number of aryl methyl sites for hydroxylation is 1. The van der Waals surface area contributed by atoms with E-state index in [2.05, 4.69) is 25.7 Å². The van der Waals surface area contributed by atoms with Gasteiger partial charge in [0.05, 0.1) is 6.54 Å². The highest BCUT2D eigenvalue weighted by molar-refractivity contribution is 5.99. The van der Waals surface area contributed by atoms with E-state index in [4.69, 9.17) is 0 Å². The number of carbonyl (C=O) groups is 1. The second-order valence-electron chi connectivity index (χ2n) is 5.02. The molecule has 2 N–H and O–H groups in total. The first kappa shape index (κ1) is 14.7. The lowest BCUT2D eigenvalue weighted by Gasteiger charge is -2.07. The van der Waals surface area contributed by atoms with Crippen LogP contribution in [0.1, 0.15) is 11.1 Å². The molecule has 0 spiro atoms. The van der Waals surface area contributed by atoms with Crippen LogP contribution in [0, 0.1) is 6.92 Å². The maximum Gasteiger partial charge on any atom is 0.324 e. The molecule has 3 aromatic heterocycles. The van der Waals surface area contributed by atoms with Gasteiger partial charge in [0.15, 0.2) is 5.82 Å². The van der Waals surface area contributed by atoms with Crippen LogP contribution in [0.3, 0.4) is 0 Å². The molecule has 0 aliphatic heterocycles. The minimum atomic E-state index is -0.339. The Hall–Kier alpha value is -3.22. The van der Waals surface area contributed by atoms with Gasteiger partial charge in [0, 0.05) is 42.7 Å². The molecule has 0 unspecified atom stereocenters. The largest absolute Gasteiger partial charge is 0.324 e. The average Bonchev–Trinajstić information content (AvgIpc) is 2.97. The number of hydrogen-bond donors (Lipinski definition) is 2. The summed E-state index contributed by atoms with van der Waals surface area (Å²) in [6, 6.07) is 7.01. The molecule has 7 heteroatoms. The molecule has 0 radical (unpaired) electrons. The van der Waals surface area contributed by atoms with Crippen molar-refractivity contribution in [3.8, 4) is 0 Å². The van der Waals surface area contributed by atoms with Crippen LogP contribution in [0.25, 0.3) is 0 Å². The van der Waals surface area contributed by atoms with Gasteiger partial charge in [-0.3, -0.25) is 20.0 Å². The predicted octanol–water partition coefficient (Wildman–Crippen LogP) is 2.67. The second kappa shape index (κ2) is 6.69. The summed E-state index contributed by atoms with van der Waals surface area (Å²) in [5, 5.41) is 9.80. The molecule has 116 valence electrons. The Bertz CT molecular complexity index is 799. The molecular formula is C16H16N6O. The molecule has 0 saturated heterocycles. The lowest BCUT2D eigenvalue weighted by atomic mass is 10.2. The highest BCUT2D eigenvalue weighted by Crippen LogP contribution is 2.12. The summed E-state index contributed by atoms with van der Waals surface area (Å²) in [5.41, 5.74) is 2.70. The topological polar surface area (TPSA) is 84.7 Å². The van der Waals surface area contributed by atoms with E-state index < -0.39 is 0 Å². The maximum atomic E-state index is 12.0. The van der Waals surface area contributed by atoms with Crippen molar-refractivity contribution in [2.45, 2.75) is 13.5 Å². The Morgan fingerprint density at radius 1 is 1.09 bits per heavy atom. The lowest BCUT2D eigenvalue weighted by molar-refractivity contribution is 0.262. The molecule has 0 aliphatic carbocycles. The van der Waals surface area contributed by atoms with E-state index in [1.807, 2.05) is 25.3 Å². The fraction of sp³-hybridized carbons (Fsp3) is 0.125. The predicted molar refractivity (Wildman–Crippen MR) is 87.2 cm³/mol. The first-order chi connectivity index (χ1) is 11.2. The number of pyridine rings is 2. The third kappa shape index (κ3) is 3.91. The molecule has 3 aromatic rings. The standard InChI is InChI=1S/C16H16N6O/c1-12-10-18-8-4-14(12)19-16(23)20-15-5-9-22(21-15)11-13-2-6-17-7-3-13/h2-10H,11H2,1H3,(H2,18,19,20,21,23). The molecule has 0 aliphatic rings. The minimum Gasteiger partial charge on any atom is -0.307 e. The lowest BCUT2D eigenvalue weighted by Crippen LogP contribution is -2.20. The van der Waals surface area contributed by atoms with Crippen LogP contribution in [0.15, 0.2) is 55.2 Å². The van der Waals surface area contributed by atoms with Crippen LogP contribution in [-0.2, 0) is 6.54 Å². The number of amides is 2. The first-order valence-corrected chi connectivity index (χ1v) is 7.12. The van der Waals surface area contributed by atoms with Gasteiger partial charge in [0.2, 0.25) is 0 Å². The number of nitrogens with zero attached hydrogens (tertiary/aromatic N) is 4. The van der Waals surface area contributed by atoms with Crippen molar-refractivity contribution in [1.82, 2.24) is 19.7 Å². The zero-order valence-corrected chi connectivity index (χ0v) is 12.6. The van der Waals surface area contributed by atoms with E-state index in [0.29, 0.717) is 18.1 Å². The van der Waals surface area contributed by atoms with Crippen molar-refractivity contribution in [3.63, 3.8) is 0 Å². The van der Waals surface area contributed by atoms with Gasteiger partial charge in [0.25, 0.3) is 0 Å². The number of rotatable bonds is 4. The normalized spacial score (nSPS) is 10.3. The van der Waals surface area contributed by atoms with E-state index in [0.717, 1.165) is 11.1 Å². The smallest absolute Gasteiger partial charge is 0.307 e. The van der Waals surface area contributed by atoms with E-state index in [9.17, 15) is 4.79 Å². The van der Waals surface area contributed by atoms with E-state index in [1.54, 1.807) is 41.6 Å². The molecule has 0 bridgehead atoms. The Labute approximate surface area is 133 Å². The van der Waals surface area contributed by atoms with Gasteiger partial charge in [-0.1, -0.05) is 0 Å². The molecule has 3 heterocycles. The van der Waals surface area contributed by atoms with Crippen molar-refractivity contribution in [2.24, 2.45) is 0 Å². The zero-order chi connectivity index (χ0) is 16.1. The Morgan fingerprint density at radius 3 is 2.65 bits per heavy atom. The molecule has 0 fully saturated rings. The van der Waals surface area contributed by atoms with Crippen LogP contribution in [0.4, 0.5) is 16.3 Å². The number of hydrogen-bond acceptors (Lipinski definition) is 4. The minimum absolute atomic E-state index is 0.339. The summed E-state index contributed by atoms with van der Waals surface area (Å²) >= 11 is 0. The fourth-order valence-electron chi connectivity index (χ4n) is 2.08. The highest BCUT2D eigenvalue weighted by Gasteiger charge is 2.07. The molecule has 3 rings (SSSR count).